The van der Waals surface area contributed by atoms with Gasteiger partial charge in [0.1, 0.15) is 5.82 Å². The molecule has 1 aromatic rings. The molecule has 0 aromatic carbocycles. The fraction of sp³-hybridized carbons (Fsp3) is 0.583. The molecule has 90 valence electrons. The molecule has 3 nitrogen and oxygen atoms in total. The number of unbranched alkanes of at least 4 members (excludes halogenated alkanes) is 2. The molecule has 0 radical (unpaired) electrons. The fourth-order valence-electron chi connectivity index (χ4n) is 1.40. The van der Waals surface area contributed by atoms with E-state index in [1.165, 1.54) is 12.0 Å². The highest BCUT2D eigenvalue weighted by Gasteiger charge is 1.97. The van der Waals surface area contributed by atoms with E-state index in [2.05, 4.69) is 39.2 Å². The van der Waals surface area contributed by atoms with Gasteiger partial charge in [-0.05, 0) is 53.7 Å². The number of rotatable bonds is 7. The van der Waals surface area contributed by atoms with E-state index >= 15 is 0 Å². The Kier molecular flexibility index (Phi) is 6.42. The van der Waals surface area contributed by atoms with Gasteiger partial charge in [0.05, 0.1) is 0 Å². The van der Waals surface area contributed by atoms with Crippen LogP contribution in [0.1, 0.15) is 24.8 Å². The molecule has 1 N–H and O–H groups in total. The molecular formula is C12H19BrN2O. The summed E-state index contributed by atoms with van der Waals surface area (Å²) in [5, 5.41) is 3.32. The topological polar surface area (TPSA) is 34.1 Å². The van der Waals surface area contributed by atoms with Crippen LogP contribution in [-0.2, 0) is 4.74 Å². The molecule has 16 heavy (non-hydrogen) atoms. The zero-order chi connectivity index (χ0) is 11.8. The monoisotopic (exact) mass is 286 g/mol. The maximum atomic E-state index is 5.00. The van der Waals surface area contributed by atoms with Crippen molar-refractivity contribution < 1.29 is 4.74 Å². The van der Waals surface area contributed by atoms with Crippen molar-refractivity contribution in [2.45, 2.75) is 26.2 Å². The van der Waals surface area contributed by atoms with Gasteiger partial charge in [-0.3, -0.25) is 0 Å². The zero-order valence-electron chi connectivity index (χ0n) is 9.92. The smallest absolute Gasteiger partial charge is 0.126 e. The first-order valence-electron chi connectivity index (χ1n) is 5.59. The fourth-order valence-corrected chi connectivity index (χ4v) is 1.62. The SMILES string of the molecule is COCCCCCNc1cc(C)c(Br)cn1. The third kappa shape index (κ3) is 4.94. The average Bonchev–Trinajstić information content (AvgIpc) is 2.28. The summed E-state index contributed by atoms with van der Waals surface area (Å²) in [5.41, 5.74) is 1.21. The first-order chi connectivity index (χ1) is 7.74. The molecule has 4 heteroatoms. The predicted octanol–water partition coefficient (Wildman–Crippen LogP) is 3.38. The van der Waals surface area contributed by atoms with Crippen molar-refractivity contribution in [3.8, 4) is 0 Å². The molecule has 0 unspecified atom stereocenters. The number of nitrogens with one attached hydrogen (secondary N) is 1. The number of aryl methyl sites for hydroxylation is 1. The second kappa shape index (κ2) is 7.63. The normalized spacial score (nSPS) is 10.4. The van der Waals surface area contributed by atoms with E-state index in [-0.39, 0.29) is 0 Å². The molecule has 1 rings (SSSR count). The Hall–Kier alpha value is -0.610. The number of hydrogen-bond donors (Lipinski definition) is 1. The highest BCUT2D eigenvalue weighted by molar-refractivity contribution is 9.10. The quantitative estimate of drug-likeness (QED) is 0.781. The number of anilines is 1. The summed E-state index contributed by atoms with van der Waals surface area (Å²) in [6.45, 7) is 3.89. The number of halogens is 1. The molecule has 1 aromatic heterocycles. The number of hydrogen-bond acceptors (Lipinski definition) is 3. The van der Waals surface area contributed by atoms with Gasteiger partial charge < -0.3 is 10.1 Å². The summed E-state index contributed by atoms with van der Waals surface area (Å²) in [7, 11) is 1.74. The largest absolute Gasteiger partial charge is 0.385 e. The lowest BCUT2D eigenvalue weighted by Crippen LogP contribution is -2.04. The number of nitrogens with zero attached hydrogens (tertiary/aromatic N) is 1. The van der Waals surface area contributed by atoms with Gasteiger partial charge in [0.25, 0.3) is 0 Å². The van der Waals surface area contributed by atoms with Crippen LogP contribution in [0, 0.1) is 6.92 Å². The molecule has 0 aliphatic heterocycles. The van der Waals surface area contributed by atoms with Crippen LogP contribution in [0.5, 0.6) is 0 Å². The van der Waals surface area contributed by atoms with E-state index in [0.29, 0.717) is 0 Å². The maximum absolute atomic E-state index is 5.00. The molecule has 1 heterocycles. The summed E-state index contributed by atoms with van der Waals surface area (Å²) < 4.78 is 6.05. The van der Waals surface area contributed by atoms with E-state index in [1.807, 2.05) is 6.20 Å². The first kappa shape index (κ1) is 13.5. The van der Waals surface area contributed by atoms with Crippen LogP contribution in [0.25, 0.3) is 0 Å². The molecule has 0 bridgehead atoms. The van der Waals surface area contributed by atoms with Crippen molar-refractivity contribution in [2.24, 2.45) is 0 Å². The van der Waals surface area contributed by atoms with Crippen LogP contribution in [0.2, 0.25) is 0 Å². The number of methoxy groups -OCH3 is 1. The van der Waals surface area contributed by atoms with Gasteiger partial charge >= 0.3 is 0 Å². The number of pyridine rings is 1. The lowest BCUT2D eigenvalue weighted by molar-refractivity contribution is 0.192. The van der Waals surface area contributed by atoms with E-state index in [1.54, 1.807) is 7.11 Å². The molecule has 0 aliphatic rings. The standard InChI is InChI=1S/C12H19BrN2O/c1-10-8-12(15-9-11(10)13)14-6-4-3-5-7-16-2/h8-9H,3-7H2,1-2H3,(H,14,15). The van der Waals surface area contributed by atoms with Gasteiger partial charge in [-0.2, -0.15) is 0 Å². The van der Waals surface area contributed by atoms with E-state index in [0.717, 1.165) is 36.3 Å². The minimum absolute atomic E-state index is 0.857. The summed E-state index contributed by atoms with van der Waals surface area (Å²) in [4.78, 5) is 4.29. The zero-order valence-corrected chi connectivity index (χ0v) is 11.5. The summed E-state index contributed by atoms with van der Waals surface area (Å²) >= 11 is 3.44. The maximum Gasteiger partial charge on any atom is 0.126 e. The molecule has 0 aliphatic carbocycles. The van der Waals surface area contributed by atoms with Crippen molar-refractivity contribution in [3.05, 3.63) is 22.3 Å². The van der Waals surface area contributed by atoms with E-state index < -0.39 is 0 Å². The van der Waals surface area contributed by atoms with Crippen LogP contribution in [0.3, 0.4) is 0 Å². The predicted molar refractivity (Wildman–Crippen MR) is 70.9 cm³/mol. The van der Waals surface area contributed by atoms with Gasteiger partial charge in [-0.1, -0.05) is 0 Å². The van der Waals surface area contributed by atoms with Crippen molar-refractivity contribution in [1.82, 2.24) is 4.98 Å². The molecular weight excluding hydrogens is 268 g/mol. The van der Waals surface area contributed by atoms with Crippen LogP contribution >= 0.6 is 15.9 Å². The molecule has 0 fully saturated rings. The van der Waals surface area contributed by atoms with Crippen molar-refractivity contribution in [1.29, 1.82) is 0 Å². The Morgan fingerprint density at radius 1 is 1.38 bits per heavy atom. The third-order valence-electron chi connectivity index (χ3n) is 2.38. The summed E-state index contributed by atoms with van der Waals surface area (Å²) in [6.07, 6.45) is 5.31. The van der Waals surface area contributed by atoms with Crippen LogP contribution in [-0.4, -0.2) is 25.2 Å². The summed E-state index contributed by atoms with van der Waals surface area (Å²) in [5.74, 6) is 0.951. The van der Waals surface area contributed by atoms with Crippen molar-refractivity contribution in [2.75, 3.05) is 25.6 Å². The van der Waals surface area contributed by atoms with E-state index in [9.17, 15) is 0 Å². The molecule has 0 amide bonds. The molecule has 0 saturated heterocycles. The second-order valence-electron chi connectivity index (χ2n) is 3.80. The van der Waals surface area contributed by atoms with Gasteiger partial charge in [0.2, 0.25) is 0 Å². The van der Waals surface area contributed by atoms with Gasteiger partial charge in [-0.15, -0.1) is 0 Å². The first-order valence-corrected chi connectivity index (χ1v) is 6.38. The van der Waals surface area contributed by atoms with Crippen molar-refractivity contribution >= 4 is 21.7 Å². The van der Waals surface area contributed by atoms with Gasteiger partial charge in [0, 0.05) is 30.9 Å². The molecule has 0 spiro atoms. The van der Waals surface area contributed by atoms with Gasteiger partial charge in [-0.25, -0.2) is 4.98 Å². The third-order valence-corrected chi connectivity index (χ3v) is 3.21. The van der Waals surface area contributed by atoms with E-state index in [4.69, 9.17) is 4.74 Å². The second-order valence-corrected chi connectivity index (χ2v) is 4.65. The van der Waals surface area contributed by atoms with Crippen molar-refractivity contribution in [3.63, 3.8) is 0 Å². The lowest BCUT2D eigenvalue weighted by Gasteiger charge is -2.06. The lowest BCUT2D eigenvalue weighted by atomic mass is 10.2. The van der Waals surface area contributed by atoms with Crippen LogP contribution in [0.15, 0.2) is 16.7 Å². The Bertz CT molecular complexity index is 318. The number of aromatic nitrogens is 1. The Morgan fingerprint density at radius 3 is 2.88 bits per heavy atom. The Morgan fingerprint density at radius 2 is 2.19 bits per heavy atom. The molecule has 0 saturated carbocycles. The summed E-state index contributed by atoms with van der Waals surface area (Å²) in [6, 6.07) is 2.05. The van der Waals surface area contributed by atoms with Crippen LogP contribution in [0.4, 0.5) is 5.82 Å². The minimum atomic E-state index is 0.857. The Labute approximate surface area is 106 Å². The minimum Gasteiger partial charge on any atom is -0.385 e. The Balaban J connectivity index is 2.19. The van der Waals surface area contributed by atoms with Crippen LogP contribution < -0.4 is 5.32 Å². The number of ether oxygens (including phenoxy) is 1. The van der Waals surface area contributed by atoms with Gasteiger partial charge in [0.15, 0.2) is 0 Å². The molecule has 0 atom stereocenters. The highest BCUT2D eigenvalue weighted by atomic mass is 79.9. The average molecular weight is 287 g/mol. The highest BCUT2D eigenvalue weighted by Crippen LogP contribution is 2.17.